The first kappa shape index (κ1) is 15.9. The first-order chi connectivity index (χ1) is 9.43. The van der Waals surface area contributed by atoms with Crippen LogP contribution in [0.1, 0.15) is 5.56 Å². The molecule has 0 aliphatic rings. The van der Waals surface area contributed by atoms with Gasteiger partial charge >= 0.3 is 5.97 Å². The Balaban J connectivity index is 2.62. The number of benzene rings is 1. The van der Waals surface area contributed by atoms with Gasteiger partial charge in [-0.1, -0.05) is 17.5 Å². The number of aryl methyl sites for hydroxylation is 1. The van der Waals surface area contributed by atoms with E-state index in [2.05, 4.69) is 5.92 Å². The van der Waals surface area contributed by atoms with E-state index in [1.807, 2.05) is 6.92 Å². The molecule has 1 N–H and O–H groups in total. The number of carboxylic acid groups (broad SMARTS) is 1. The molecule has 0 aliphatic heterocycles. The zero-order valence-corrected chi connectivity index (χ0v) is 11.7. The van der Waals surface area contributed by atoms with Crippen LogP contribution in [0.3, 0.4) is 0 Å². The van der Waals surface area contributed by atoms with Gasteiger partial charge in [-0.25, -0.2) is 0 Å². The molecule has 1 aromatic rings. The monoisotopic (exact) mass is 295 g/mol. The molecular formula is C14H14ClNO4. The maximum Gasteiger partial charge on any atom is 0.323 e. The molecule has 0 heterocycles. The normalized spacial score (nSPS) is 9.65. The van der Waals surface area contributed by atoms with Gasteiger partial charge < -0.3 is 14.7 Å². The first-order valence-corrected chi connectivity index (χ1v) is 6.14. The second kappa shape index (κ2) is 7.41. The van der Waals surface area contributed by atoms with Crippen LogP contribution in [-0.2, 0) is 9.59 Å². The van der Waals surface area contributed by atoms with Crippen molar-refractivity contribution < 1.29 is 19.4 Å². The van der Waals surface area contributed by atoms with Crippen LogP contribution in [0.15, 0.2) is 18.2 Å². The molecule has 0 radical (unpaired) electrons. The van der Waals surface area contributed by atoms with Crippen molar-refractivity contribution in [2.24, 2.45) is 0 Å². The lowest BCUT2D eigenvalue weighted by Crippen LogP contribution is -2.38. The lowest BCUT2D eigenvalue weighted by atomic mass is 10.2. The van der Waals surface area contributed by atoms with Crippen molar-refractivity contribution in [3.63, 3.8) is 0 Å². The minimum Gasteiger partial charge on any atom is -0.484 e. The van der Waals surface area contributed by atoms with Crippen LogP contribution < -0.4 is 4.74 Å². The van der Waals surface area contributed by atoms with Crippen LogP contribution in [-0.4, -0.2) is 41.6 Å². The molecule has 1 amide bonds. The van der Waals surface area contributed by atoms with Gasteiger partial charge in [0.25, 0.3) is 5.91 Å². The van der Waals surface area contributed by atoms with Gasteiger partial charge in [-0.05, 0) is 30.7 Å². The fourth-order valence-corrected chi connectivity index (χ4v) is 1.57. The Bertz CT molecular complexity index is 551. The molecule has 0 aromatic heterocycles. The molecule has 20 heavy (non-hydrogen) atoms. The highest BCUT2D eigenvalue weighted by atomic mass is 35.5. The van der Waals surface area contributed by atoms with E-state index in [1.165, 1.54) is 0 Å². The Kier molecular flexibility index (Phi) is 5.88. The van der Waals surface area contributed by atoms with E-state index in [0.717, 1.165) is 10.5 Å². The van der Waals surface area contributed by atoms with Gasteiger partial charge in [0.15, 0.2) is 6.61 Å². The number of rotatable bonds is 6. The van der Waals surface area contributed by atoms with E-state index in [1.54, 1.807) is 18.2 Å². The molecule has 0 atom stereocenters. The highest BCUT2D eigenvalue weighted by Crippen LogP contribution is 2.20. The standard InChI is InChI=1S/C14H14ClNO4/c1-3-6-16(8-14(18)19)13(17)9-20-11-4-5-12(15)10(2)7-11/h1,4-5,7H,6,8-9H2,2H3,(H,18,19). The number of carboxylic acids is 1. The Morgan fingerprint density at radius 3 is 2.75 bits per heavy atom. The number of halogens is 1. The van der Waals surface area contributed by atoms with Gasteiger partial charge in [0.05, 0.1) is 6.54 Å². The zero-order chi connectivity index (χ0) is 15.1. The minimum atomic E-state index is -1.13. The number of nitrogens with zero attached hydrogens (tertiary/aromatic N) is 1. The molecule has 0 aliphatic carbocycles. The van der Waals surface area contributed by atoms with Crippen LogP contribution in [0, 0.1) is 19.3 Å². The predicted octanol–water partition coefficient (Wildman–Crippen LogP) is 1.57. The number of hydrogen-bond acceptors (Lipinski definition) is 3. The van der Waals surface area contributed by atoms with Gasteiger partial charge in [0.1, 0.15) is 12.3 Å². The maximum atomic E-state index is 11.8. The Morgan fingerprint density at radius 1 is 1.50 bits per heavy atom. The topological polar surface area (TPSA) is 66.8 Å². The van der Waals surface area contributed by atoms with Crippen molar-refractivity contribution in [1.82, 2.24) is 4.90 Å². The fraction of sp³-hybridized carbons (Fsp3) is 0.286. The van der Waals surface area contributed by atoms with E-state index in [9.17, 15) is 9.59 Å². The van der Waals surface area contributed by atoms with Crippen molar-refractivity contribution in [2.75, 3.05) is 19.7 Å². The SMILES string of the molecule is C#CCN(CC(=O)O)C(=O)COc1ccc(Cl)c(C)c1. The summed E-state index contributed by atoms with van der Waals surface area (Å²) in [4.78, 5) is 23.5. The quantitative estimate of drug-likeness (QED) is 0.809. The molecular weight excluding hydrogens is 282 g/mol. The summed E-state index contributed by atoms with van der Waals surface area (Å²) in [5.41, 5.74) is 0.822. The number of carbonyl (C=O) groups excluding carboxylic acids is 1. The number of carbonyl (C=O) groups is 2. The van der Waals surface area contributed by atoms with E-state index >= 15 is 0 Å². The van der Waals surface area contributed by atoms with E-state index in [0.29, 0.717) is 10.8 Å². The lowest BCUT2D eigenvalue weighted by molar-refractivity contribution is -0.144. The summed E-state index contributed by atoms with van der Waals surface area (Å²) in [6.45, 7) is 1.00. The number of ether oxygens (including phenoxy) is 1. The third-order valence-corrected chi connectivity index (χ3v) is 2.88. The highest BCUT2D eigenvalue weighted by molar-refractivity contribution is 6.31. The number of amides is 1. The van der Waals surface area contributed by atoms with Crippen molar-refractivity contribution in [3.8, 4) is 18.1 Å². The van der Waals surface area contributed by atoms with E-state index in [-0.39, 0.29) is 13.2 Å². The first-order valence-electron chi connectivity index (χ1n) is 5.76. The molecule has 5 nitrogen and oxygen atoms in total. The number of hydrogen-bond donors (Lipinski definition) is 1. The third kappa shape index (κ3) is 4.82. The maximum absolute atomic E-state index is 11.8. The summed E-state index contributed by atoms with van der Waals surface area (Å²) in [6, 6.07) is 4.98. The van der Waals surface area contributed by atoms with Gasteiger partial charge in [-0.3, -0.25) is 9.59 Å². The molecule has 0 saturated carbocycles. The highest BCUT2D eigenvalue weighted by Gasteiger charge is 2.16. The summed E-state index contributed by atoms with van der Waals surface area (Å²) in [5.74, 6) is 1.10. The Hall–Kier alpha value is -2.19. The number of terminal acetylenes is 1. The van der Waals surface area contributed by atoms with Crippen molar-refractivity contribution >= 4 is 23.5 Å². The average Bonchev–Trinajstić information content (AvgIpc) is 2.39. The average molecular weight is 296 g/mol. The largest absolute Gasteiger partial charge is 0.484 e. The van der Waals surface area contributed by atoms with Gasteiger partial charge in [0, 0.05) is 5.02 Å². The van der Waals surface area contributed by atoms with Crippen LogP contribution in [0.5, 0.6) is 5.75 Å². The van der Waals surface area contributed by atoms with Crippen LogP contribution in [0.4, 0.5) is 0 Å². The molecule has 1 aromatic carbocycles. The summed E-state index contributed by atoms with van der Waals surface area (Å²) >= 11 is 5.87. The fourth-order valence-electron chi connectivity index (χ4n) is 1.45. The minimum absolute atomic E-state index is 0.0753. The Labute approximate surface area is 122 Å². The molecule has 0 unspecified atom stereocenters. The summed E-state index contributed by atoms with van der Waals surface area (Å²) in [6.07, 6.45) is 5.09. The Morgan fingerprint density at radius 2 is 2.20 bits per heavy atom. The van der Waals surface area contributed by atoms with E-state index in [4.69, 9.17) is 27.9 Å². The molecule has 0 spiro atoms. The second-order valence-electron chi connectivity index (χ2n) is 4.05. The lowest BCUT2D eigenvalue weighted by Gasteiger charge is -2.18. The third-order valence-electron chi connectivity index (χ3n) is 2.45. The van der Waals surface area contributed by atoms with Crippen molar-refractivity contribution in [2.45, 2.75) is 6.92 Å². The molecule has 0 fully saturated rings. The summed E-state index contributed by atoms with van der Waals surface area (Å²) in [5, 5.41) is 9.29. The predicted molar refractivity (Wildman–Crippen MR) is 74.7 cm³/mol. The van der Waals surface area contributed by atoms with Crippen molar-refractivity contribution in [1.29, 1.82) is 0 Å². The molecule has 1 rings (SSSR count). The van der Waals surface area contributed by atoms with Crippen LogP contribution in [0.25, 0.3) is 0 Å². The van der Waals surface area contributed by atoms with Gasteiger partial charge in [-0.15, -0.1) is 6.42 Å². The van der Waals surface area contributed by atoms with Crippen LogP contribution in [0.2, 0.25) is 5.02 Å². The number of aliphatic carboxylic acids is 1. The molecule has 106 valence electrons. The molecule has 0 saturated heterocycles. The smallest absolute Gasteiger partial charge is 0.323 e. The molecule has 6 heteroatoms. The zero-order valence-electron chi connectivity index (χ0n) is 10.9. The summed E-state index contributed by atoms with van der Waals surface area (Å²) in [7, 11) is 0. The van der Waals surface area contributed by atoms with Crippen LogP contribution >= 0.6 is 11.6 Å². The second-order valence-corrected chi connectivity index (χ2v) is 4.45. The summed E-state index contributed by atoms with van der Waals surface area (Å²) < 4.78 is 5.30. The van der Waals surface area contributed by atoms with Gasteiger partial charge in [0.2, 0.25) is 0 Å². The van der Waals surface area contributed by atoms with Gasteiger partial charge in [-0.2, -0.15) is 0 Å². The molecule has 0 bridgehead atoms. The van der Waals surface area contributed by atoms with Crippen molar-refractivity contribution in [3.05, 3.63) is 28.8 Å². The van der Waals surface area contributed by atoms with E-state index < -0.39 is 18.4 Å².